The standard InChI is InChI=1S/C24H22ClFN2O3S2/c1-31-17-9-7-16(8-10-17)23(29)28-22(14-18-4-3-12-33-18)24(30)27-11-13-32-15-19-20(25)5-2-6-21(19)26/h2-10,12,14H,11,13,15H2,1H3,(H,27,30)(H,28,29)/b22-14-. The first-order valence-electron chi connectivity index (χ1n) is 9.97. The molecule has 1 heterocycles. The van der Waals surface area contributed by atoms with E-state index in [0.717, 1.165) is 4.88 Å². The monoisotopic (exact) mass is 504 g/mol. The highest BCUT2D eigenvalue weighted by Crippen LogP contribution is 2.23. The van der Waals surface area contributed by atoms with Gasteiger partial charge in [-0.2, -0.15) is 11.8 Å². The molecule has 0 saturated heterocycles. The first kappa shape index (κ1) is 24.8. The van der Waals surface area contributed by atoms with Crippen molar-refractivity contribution < 1.29 is 18.7 Å². The fraction of sp³-hybridized carbons (Fsp3) is 0.167. The summed E-state index contributed by atoms with van der Waals surface area (Å²) < 4.78 is 19.0. The number of amides is 2. The molecular formula is C24H22ClFN2O3S2. The molecule has 33 heavy (non-hydrogen) atoms. The topological polar surface area (TPSA) is 67.4 Å². The van der Waals surface area contributed by atoms with Crippen LogP contribution in [0.3, 0.4) is 0 Å². The average molecular weight is 505 g/mol. The first-order valence-corrected chi connectivity index (χ1v) is 12.4. The Balaban J connectivity index is 1.58. The van der Waals surface area contributed by atoms with Crippen molar-refractivity contribution in [1.82, 2.24) is 10.6 Å². The Morgan fingerprint density at radius 2 is 1.94 bits per heavy atom. The molecule has 2 amide bonds. The molecule has 3 aromatic rings. The van der Waals surface area contributed by atoms with Gasteiger partial charge in [-0.25, -0.2) is 4.39 Å². The van der Waals surface area contributed by atoms with Crippen LogP contribution in [0.2, 0.25) is 5.02 Å². The maximum Gasteiger partial charge on any atom is 0.267 e. The van der Waals surface area contributed by atoms with E-state index in [1.807, 2.05) is 17.5 Å². The van der Waals surface area contributed by atoms with Gasteiger partial charge >= 0.3 is 0 Å². The van der Waals surface area contributed by atoms with Crippen molar-refractivity contribution in [1.29, 1.82) is 0 Å². The molecule has 0 aliphatic rings. The van der Waals surface area contributed by atoms with Crippen molar-refractivity contribution in [3.63, 3.8) is 0 Å². The van der Waals surface area contributed by atoms with Crippen LogP contribution in [0.1, 0.15) is 20.8 Å². The highest BCUT2D eigenvalue weighted by Gasteiger charge is 2.15. The van der Waals surface area contributed by atoms with Crippen LogP contribution < -0.4 is 15.4 Å². The molecule has 0 saturated carbocycles. The van der Waals surface area contributed by atoms with Crippen molar-refractivity contribution in [3.8, 4) is 5.75 Å². The van der Waals surface area contributed by atoms with Crippen molar-refractivity contribution in [2.75, 3.05) is 19.4 Å². The molecule has 0 atom stereocenters. The lowest BCUT2D eigenvalue weighted by atomic mass is 10.2. The van der Waals surface area contributed by atoms with Gasteiger partial charge in [0.25, 0.3) is 11.8 Å². The number of carbonyl (C=O) groups excluding carboxylic acids is 2. The zero-order valence-electron chi connectivity index (χ0n) is 17.8. The number of benzene rings is 2. The summed E-state index contributed by atoms with van der Waals surface area (Å²) in [5.41, 5.74) is 0.985. The van der Waals surface area contributed by atoms with Crippen LogP contribution in [0.5, 0.6) is 5.75 Å². The molecular weight excluding hydrogens is 483 g/mol. The molecule has 1 aromatic heterocycles. The zero-order valence-corrected chi connectivity index (χ0v) is 20.2. The maximum absolute atomic E-state index is 13.9. The molecule has 2 N–H and O–H groups in total. The number of halogens is 2. The van der Waals surface area contributed by atoms with E-state index in [1.165, 1.54) is 29.2 Å². The Bertz CT molecular complexity index is 1100. The number of hydrogen-bond donors (Lipinski definition) is 2. The first-order chi connectivity index (χ1) is 16.0. The Kier molecular flexibility index (Phi) is 9.35. The molecule has 0 aliphatic heterocycles. The van der Waals surface area contributed by atoms with Crippen molar-refractivity contribution in [3.05, 3.63) is 92.5 Å². The molecule has 3 rings (SSSR count). The van der Waals surface area contributed by atoms with Crippen LogP contribution in [0, 0.1) is 5.82 Å². The molecule has 0 aliphatic carbocycles. The minimum absolute atomic E-state index is 0.139. The fourth-order valence-electron chi connectivity index (χ4n) is 2.79. The number of ether oxygens (including phenoxy) is 1. The van der Waals surface area contributed by atoms with Crippen molar-refractivity contribution in [2.45, 2.75) is 5.75 Å². The van der Waals surface area contributed by atoms with Gasteiger partial charge in [-0.3, -0.25) is 9.59 Å². The van der Waals surface area contributed by atoms with Crippen LogP contribution >= 0.6 is 34.7 Å². The van der Waals surface area contributed by atoms with E-state index >= 15 is 0 Å². The molecule has 9 heteroatoms. The van der Waals surface area contributed by atoms with E-state index in [-0.39, 0.29) is 11.5 Å². The second-order valence-corrected chi connectivity index (χ2v) is 9.26. The Morgan fingerprint density at radius 3 is 2.61 bits per heavy atom. The van der Waals surface area contributed by atoms with Crippen LogP contribution in [0.25, 0.3) is 6.08 Å². The SMILES string of the molecule is COc1ccc(C(=O)N/C(=C\c2cccs2)C(=O)NCCSCc2c(F)cccc2Cl)cc1. The van der Waals surface area contributed by atoms with Gasteiger partial charge < -0.3 is 15.4 Å². The average Bonchev–Trinajstić information content (AvgIpc) is 3.33. The lowest BCUT2D eigenvalue weighted by molar-refractivity contribution is -0.117. The maximum atomic E-state index is 13.9. The molecule has 0 spiro atoms. The fourth-order valence-corrected chi connectivity index (χ4v) is 4.64. The summed E-state index contributed by atoms with van der Waals surface area (Å²) >= 11 is 8.95. The minimum Gasteiger partial charge on any atom is -0.497 e. The molecule has 0 bridgehead atoms. The minimum atomic E-state index is -0.408. The Labute approximate surface area is 205 Å². The lowest BCUT2D eigenvalue weighted by Crippen LogP contribution is -2.35. The summed E-state index contributed by atoms with van der Waals surface area (Å²) in [6.45, 7) is 0.343. The predicted octanol–water partition coefficient (Wildman–Crippen LogP) is 5.37. The van der Waals surface area contributed by atoms with Crippen LogP contribution in [-0.4, -0.2) is 31.2 Å². The van der Waals surface area contributed by atoms with Crippen LogP contribution in [0.4, 0.5) is 4.39 Å². The third kappa shape index (κ3) is 7.35. The lowest BCUT2D eigenvalue weighted by Gasteiger charge is -2.11. The van der Waals surface area contributed by atoms with Gasteiger partial charge in [-0.1, -0.05) is 23.7 Å². The Morgan fingerprint density at radius 1 is 1.15 bits per heavy atom. The van der Waals surface area contributed by atoms with Gasteiger partial charge in [0.15, 0.2) is 0 Å². The number of methoxy groups -OCH3 is 1. The van der Waals surface area contributed by atoms with E-state index in [4.69, 9.17) is 16.3 Å². The van der Waals surface area contributed by atoms with E-state index in [1.54, 1.807) is 49.6 Å². The van der Waals surface area contributed by atoms with Gasteiger partial charge in [0, 0.05) is 39.1 Å². The van der Waals surface area contributed by atoms with Gasteiger partial charge in [0.1, 0.15) is 17.3 Å². The summed E-state index contributed by atoms with van der Waals surface area (Å²) in [6.07, 6.45) is 1.63. The van der Waals surface area contributed by atoms with E-state index in [0.29, 0.717) is 39.9 Å². The normalized spacial score (nSPS) is 11.2. The number of hydrogen-bond acceptors (Lipinski definition) is 5. The quantitative estimate of drug-likeness (QED) is 0.288. The van der Waals surface area contributed by atoms with Crippen molar-refractivity contribution in [2.24, 2.45) is 0 Å². The molecule has 5 nitrogen and oxygen atoms in total. The molecule has 0 unspecified atom stereocenters. The van der Waals surface area contributed by atoms with Gasteiger partial charge in [-0.15, -0.1) is 11.3 Å². The third-order valence-corrected chi connectivity index (χ3v) is 6.67. The third-order valence-electron chi connectivity index (χ3n) is 4.51. The van der Waals surface area contributed by atoms with E-state index < -0.39 is 11.8 Å². The molecule has 0 radical (unpaired) electrons. The number of thiophene rings is 1. The smallest absolute Gasteiger partial charge is 0.267 e. The summed E-state index contributed by atoms with van der Waals surface area (Å²) in [7, 11) is 1.55. The molecule has 2 aromatic carbocycles. The molecule has 0 fully saturated rings. The Hall–Kier alpha value is -2.81. The van der Waals surface area contributed by atoms with Crippen LogP contribution in [-0.2, 0) is 10.5 Å². The second kappa shape index (κ2) is 12.4. The summed E-state index contributed by atoms with van der Waals surface area (Å²) in [5, 5.41) is 7.76. The number of thioether (sulfide) groups is 1. The largest absolute Gasteiger partial charge is 0.497 e. The highest BCUT2D eigenvalue weighted by atomic mass is 35.5. The van der Waals surface area contributed by atoms with Gasteiger partial charge in [-0.05, 0) is 53.9 Å². The summed E-state index contributed by atoms with van der Waals surface area (Å²) in [6, 6.07) is 14.9. The second-order valence-electron chi connectivity index (χ2n) is 6.76. The summed E-state index contributed by atoms with van der Waals surface area (Å²) in [5.74, 6) is 0.422. The molecule has 172 valence electrons. The zero-order chi connectivity index (χ0) is 23.6. The van der Waals surface area contributed by atoms with Crippen LogP contribution in [0.15, 0.2) is 65.7 Å². The number of nitrogens with one attached hydrogen (secondary N) is 2. The van der Waals surface area contributed by atoms with E-state index in [2.05, 4.69) is 10.6 Å². The van der Waals surface area contributed by atoms with Gasteiger partial charge in [0.2, 0.25) is 0 Å². The summed E-state index contributed by atoms with van der Waals surface area (Å²) in [4.78, 5) is 26.3. The van der Waals surface area contributed by atoms with Gasteiger partial charge in [0.05, 0.1) is 7.11 Å². The van der Waals surface area contributed by atoms with Crippen molar-refractivity contribution >= 4 is 52.6 Å². The number of rotatable bonds is 10. The predicted molar refractivity (Wildman–Crippen MR) is 133 cm³/mol. The number of carbonyl (C=O) groups is 2. The van der Waals surface area contributed by atoms with E-state index in [9.17, 15) is 14.0 Å². The highest BCUT2D eigenvalue weighted by molar-refractivity contribution is 7.98.